The number of anilines is 2. The van der Waals surface area contributed by atoms with Crippen molar-refractivity contribution < 1.29 is 4.79 Å². The van der Waals surface area contributed by atoms with Gasteiger partial charge in [-0.1, -0.05) is 68.5 Å². The van der Waals surface area contributed by atoms with E-state index in [2.05, 4.69) is 65.7 Å². The highest BCUT2D eigenvalue weighted by atomic mass is 16.2. The van der Waals surface area contributed by atoms with Gasteiger partial charge in [0.15, 0.2) is 0 Å². The number of hydrogen-bond donors (Lipinski definition) is 1. The zero-order valence-corrected chi connectivity index (χ0v) is 16.9. The molecule has 28 heavy (non-hydrogen) atoms. The highest BCUT2D eigenvalue weighted by Crippen LogP contribution is 2.39. The summed E-state index contributed by atoms with van der Waals surface area (Å²) in [5.41, 5.74) is 3.45. The van der Waals surface area contributed by atoms with Gasteiger partial charge in [0.05, 0.1) is 6.04 Å². The third kappa shape index (κ3) is 4.24. The van der Waals surface area contributed by atoms with E-state index in [1.807, 2.05) is 6.07 Å². The van der Waals surface area contributed by atoms with Crippen LogP contribution in [0.2, 0.25) is 0 Å². The standard InChI is InChI=1S/C25H32N2O/c1-19-18-23(26-21-12-6-3-7-13-21)22-14-8-9-15-24(22)27(19)25(28)17-16-20-10-4-2-5-11-20/h3,6-9,12-15,19-20,23,26H,2,4-5,10-11,16-18H2,1H3/t19-,23-/m1/s1. The second kappa shape index (κ2) is 8.81. The normalized spacial score (nSPS) is 22.5. The van der Waals surface area contributed by atoms with Crippen LogP contribution in [-0.4, -0.2) is 11.9 Å². The number of nitrogens with one attached hydrogen (secondary N) is 1. The van der Waals surface area contributed by atoms with E-state index < -0.39 is 0 Å². The molecule has 1 fully saturated rings. The summed E-state index contributed by atoms with van der Waals surface area (Å²) in [6.45, 7) is 2.19. The van der Waals surface area contributed by atoms with Gasteiger partial charge in [-0.05, 0) is 49.4 Å². The van der Waals surface area contributed by atoms with E-state index in [4.69, 9.17) is 0 Å². The van der Waals surface area contributed by atoms with Crippen molar-refractivity contribution in [2.45, 2.75) is 70.4 Å². The lowest BCUT2D eigenvalue weighted by Crippen LogP contribution is -2.44. The van der Waals surface area contributed by atoms with Crippen LogP contribution in [0.1, 0.15) is 69.9 Å². The molecule has 4 rings (SSSR count). The Kier molecular flexibility index (Phi) is 5.99. The van der Waals surface area contributed by atoms with Crippen LogP contribution < -0.4 is 10.2 Å². The molecule has 1 N–H and O–H groups in total. The third-order valence-corrected chi connectivity index (χ3v) is 6.46. The third-order valence-electron chi connectivity index (χ3n) is 6.46. The van der Waals surface area contributed by atoms with Gasteiger partial charge in [-0.25, -0.2) is 0 Å². The molecule has 1 amide bonds. The Balaban J connectivity index is 1.49. The summed E-state index contributed by atoms with van der Waals surface area (Å²) < 4.78 is 0. The van der Waals surface area contributed by atoms with Gasteiger partial charge >= 0.3 is 0 Å². The van der Waals surface area contributed by atoms with E-state index in [0.717, 1.165) is 30.1 Å². The number of nitrogens with zero attached hydrogens (tertiary/aromatic N) is 1. The van der Waals surface area contributed by atoms with Gasteiger partial charge in [0, 0.05) is 23.8 Å². The Hall–Kier alpha value is -2.29. The molecule has 2 aromatic carbocycles. The molecule has 1 saturated carbocycles. The molecule has 0 saturated heterocycles. The molecule has 148 valence electrons. The van der Waals surface area contributed by atoms with E-state index in [-0.39, 0.29) is 12.1 Å². The average molecular weight is 377 g/mol. The number of amides is 1. The molecule has 3 heteroatoms. The number of para-hydroxylation sites is 2. The van der Waals surface area contributed by atoms with Crippen LogP contribution in [0.4, 0.5) is 11.4 Å². The van der Waals surface area contributed by atoms with E-state index in [9.17, 15) is 4.79 Å². The summed E-state index contributed by atoms with van der Waals surface area (Å²) >= 11 is 0. The molecule has 3 nitrogen and oxygen atoms in total. The maximum atomic E-state index is 13.2. The van der Waals surface area contributed by atoms with Crippen molar-refractivity contribution in [2.24, 2.45) is 5.92 Å². The molecule has 0 aromatic heterocycles. The van der Waals surface area contributed by atoms with Crippen molar-refractivity contribution in [1.82, 2.24) is 0 Å². The second-order valence-corrected chi connectivity index (χ2v) is 8.51. The first-order valence-corrected chi connectivity index (χ1v) is 10.9. The van der Waals surface area contributed by atoms with Gasteiger partial charge in [-0.3, -0.25) is 4.79 Å². The lowest BCUT2D eigenvalue weighted by atomic mass is 9.85. The van der Waals surface area contributed by atoms with Crippen molar-refractivity contribution >= 4 is 17.3 Å². The first kappa shape index (κ1) is 19.0. The smallest absolute Gasteiger partial charge is 0.227 e. The molecule has 2 atom stereocenters. The minimum absolute atomic E-state index is 0.204. The lowest BCUT2D eigenvalue weighted by Gasteiger charge is -2.40. The van der Waals surface area contributed by atoms with Crippen LogP contribution in [0.5, 0.6) is 0 Å². The van der Waals surface area contributed by atoms with E-state index in [1.54, 1.807) is 0 Å². The van der Waals surface area contributed by atoms with Gasteiger partial charge in [-0.2, -0.15) is 0 Å². The summed E-state index contributed by atoms with van der Waals surface area (Å²) in [5.74, 6) is 1.05. The molecule has 1 heterocycles. The van der Waals surface area contributed by atoms with Crippen molar-refractivity contribution in [2.75, 3.05) is 10.2 Å². The molecule has 2 aliphatic rings. The lowest BCUT2D eigenvalue weighted by molar-refractivity contribution is -0.119. The predicted molar refractivity (Wildman–Crippen MR) is 117 cm³/mol. The highest BCUT2D eigenvalue weighted by molar-refractivity contribution is 5.95. The molecule has 0 spiro atoms. The Labute approximate surface area is 169 Å². The fraction of sp³-hybridized carbons (Fsp3) is 0.480. The largest absolute Gasteiger partial charge is 0.378 e. The fourth-order valence-corrected chi connectivity index (χ4v) is 4.99. The van der Waals surface area contributed by atoms with Gasteiger partial charge in [0.25, 0.3) is 0 Å². The molecule has 1 aliphatic carbocycles. The molecule has 0 bridgehead atoms. The molecule has 0 radical (unpaired) electrons. The van der Waals surface area contributed by atoms with Crippen molar-refractivity contribution in [1.29, 1.82) is 0 Å². The predicted octanol–water partition coefficient (Wildman–Crippen LogP) is 6.33. The zero-order valence-electron chi connectivity index (χ0n) is 16.9. The van der Waals surface area contributed by atoms with Crippen molar-refractivity contribution in [3.63, 3.8) is 0 Å². The van der Waals surface area contributed by atoms with E-state index in [0.29, 0.717) is 12.3 Å². The molecule has 1 aliphatic heterocycles. The quantitative estimate of drug-likeness (QED) is 0.662. The van der Waals surface area contributed by atoms with Crippen molar-refractivity contribution in [3.05, 3.63) is 60.2 Å². The van der Waals surface area contributed by atoms with Crippen LogP contribution in [-0.2, 0) is 4.79 Å². The molecule has 0 unspecified atom stereocenters. The topological polar surface area (TPSA) is 32.3 Å². The van der Waals surface area contributed by atoms with Crippen LogP contribution in [0.3, 0.4) is 0 Å². The number of carbonyl (C=O) groups excluding carboxylic acids is 1. The van der Waals surface area contributed by atoms with E-state index in [1.165, 1.54) is 37.7 Å². The molecular weight excluding hydrogens is 344 g/mol. The minimum atomic E-state index is 0.204. The van der Waals surface area contributed by atoms with Gasteiger partial charge in [0.2, 0.25) is 5.91 Å². The number of carbonyl (C=O) groups is 1. The summed E-state index contributed by atoms with van der Waals surface area (Å²) in [7, 11) is 0. The van der Waals surface area contributed by atoms with Gasteiger partial charge < -0.3 is 10.2 Å². The van der Waals surface area contributed by atoms with Crippen molar-refractivity contribution in [3.8, 4) is 0 Å². The molecule has 2 aromatic rings. The summed E-state index contributed by atoms with van der Waals surface area (Å²) in [6.07, 6.45) is 9.34. The Bertz CT molecular complexity index is 782. The Morgan fingerprint density at radius 2 is 1.71 bits per heavy atom. The highest BCUT2D eigenvalue weighted by Gasteiger charge is 2.33. The van der Waals surface area contributed by atoms with Gasteiger partial charge in [0.1, 0.15) is 0 Å². The summed E-state index contributed by atoms with van der Waals surface area (Å²) in [6, 6.07) is 19.2. The Morgan fingerprint density at radius 1 is 1.00 bits per heavy atom. The first-order valence-electron chi connectivity index (χ1n) is 10.9. The zero-order chi connectivity index (χ0) is 19.3. The van der Waals surface area contributed by atoms with Crippen LogP contribution in [0, 0.1) is 5.92 Å². The van der Waals surface area contributed by atoms with Crippen LogP contribution >= 0.6 is 0 Å². The van der Waals surface area contributed by atoms with Gasteiger partial charge in [-0.15, -0.1) is 0 Å². The number of rotatable bonds is 5. The SMILES string of the molecule is C[C@@H]1C[C@@H](Nc2ccccc2)c2ccccc2N1C(=O)CCC1CCCCC1. The average Bonchev–Trinajstić information content (AvgIpc) is 2.74. The number of fused-ring (bicyclic) bond motifs is 1. The summed E-state index contributed by atoms with van der Waals surface area (Å²) in [5, 5.41) is 3.67. The maximum Gasteiger partial charge on any atom is 0.227 e. The Morgan fingerprint density at radius 3 is 2.50 bits per heavy atom. The number of hydrogen-bond acceptors (Lipinski definition) is 2. The van der Waals surface area contributed by atoms with E-state index >= 15 is 0 Å². The first-order chi connectivity index (χ1) is 13.7. The summed E-state index contributed by atoms with van der Waals surface area (Å²) in [4.78, 5) is 15.3. The maximum absolute atomic E-state index is 13.2. The van der Waals surface area contributed by atoms with Crippen LogP contribution in [0.25, 0.3) is 0 Å². The monoisotopic (exact) mass is 376 g/mol. The second-order valence-electron chi connectivity index (χ2n) is 8.51. The number of benzene rings is 2. The van der Waals surface area contributed by atoms with Crippen LogP contribution in [0.15, 0.2) is 54.6 Å². The molecular formula is C25H32N2O. The fourth-order valence-electron chi connectivity index (χ4n) is 4.99. The minimum Gasteiger partial charge on any atom is -0.378 e.